The predicted molar refractivity (Wildman–Crippen MR) is 87.3 cm³/mol. The molecule has 1 aliphatic carbocycles. The molecule has 2 rings (SSSR count). The summed E-state index contributed by atoms with van der Waals surface area (Å²) in [5, 5.41) is 3.42. The van der Waals surface area contributed by atoms with E-state index in [0.29, 0.717) is 24.5 Å². The van der Waals surface area contributed by atoms with E-state index >= 15 is 0 Å². The van der Waals surface area contributed by atoms with Gasteiger partial charge in [-0.15, -0.1) is 0 Å². The van der Waals surface area contributed by atoms with Crippen LogP contribution in [0.2, 0.25) is 0 Å². The minimum Gasteiger partial charge on any atom is -0.342 e. The molecule has 0 bridgehead atoms. The quantitative estimate of drug-likeness (QED) is 0.815. The van der Waals surface area contributed by atoms with Crippen LogP contribution in [-0.2, 0) is 4.79 Å². The maximum atomic E-state index is 12.6. The minimum absolute atomic E-state index is 0.315. The summed E-state index contributed by atoms with van der Waals surface area (Å²) in [5.74, 6) is 1.15. The first-order chi connectivity index (χ1) is 10.1. The lowest BCUT2D eigenvalue weighted by Gasteiger charge is -2.36. The monoisotopic (exact) mass is 295 g/mol. The van der Waals surface area contributed by atoms with Gasteiger partial charge in [-0.25, -0.2) is 0 Å². The van der Waals surface area contributed by atoms with Gasteiger partial charge < -0.3 is 10.2 Å². The van der Waals surface area contributed by atoms with Gasteiger partial charge in [-0.3, -0.25) is 9.69 Å². The first-order valence-electron chi connectivity index (χ1n) is 8.82. The largest absolute Gasteiger partial charge is 0.342 e. The lowest BCUT2D eigenvalue weighted by atomic mass is 9.87. The second-order valence-corrected chi connectivity index (χ2v) is 7.04. The molecule has 1 amide bonds. The Morgan fingerprint density at radius 1 is 1.14 bits per heavy atom. The zero-order valence-corrected chi connectivity index (χ0v) is 14.1. The third kappa shape index (κ3) is 4.68. The van der Waals surface area contributed by atoms with Gasteiger partial charge in [-0.05, 0) is 57.5 Å². The molecule has 1 unspecified atom stereocenters. The standard InChI is InChI=1S/C17H33N3O/c1-4-11-20(16-9-10-18-12-16)13-17(21)19(3)15-7-5-14(2)6-8-15/h14-16,18H,4-13H2,1-3H3. The smallest absolute Gasteiger partial charge is 0.236 e. The highest BCUT2D eigenvalue weighted by Crippen LogP contribution is 2.26. The number of carbonyl (C=O) groups is 1. The summed E-state index contributed by atoms with van der Waals surface area (Å²) in [4.78, 5) is 17.1. The van der Waals surface area contributed by atoms with Crippen LogP contribution in [0, 0.1) is 5.92 Å². The fraction of sp³-hybridized carbons (Fsp3) is 0.941. The molecule has 0 aromatic rings. The third-order valence-corrected chi connectivity index (χ3v) is 5.33. The molecule has 0 spiro atoms. The Kier molecular flexibility index (Phi) is 6.49. The van der Waals surface area contributed by atoms with E-state index in [2.05, 4.69) is 24.1 Å². The normalized spacial score (nSPS) is 29.8. The number of carbonyl (C=O) groups excluding carboxylic acids is 1. The van der Waals surface area contributed by atoms with Crippen molar-refractivity contribution in [2.75, 3.05) is 33.2 Å². The number of nitrogens with zero attached hydrogens (tertiary/aromatic N) is 2. The number of likely N-dealkylation sites (N-methyl/N-ethyl adjacent to an activating group) is 1. The van der Waals surface area contributed by atoms with Crippen molar-refractivity contribution in [2.24, 2.45) is 5.92 Å². The van der Waals surface area contributed by atoms with Gasteiger partial charge in [0.25, 0.3) is 0 Å². The molecule has 0 aromatic carbocycles. The molecule has 0 radical (unpaired) electrons. The van der Waals surface area contributed by atoms with Crippen LogP contribution >= 0.6 is 0 Å². The summed E-state index contributed by atoms with van der Waals surface area (Å²) in [5.41, 5.74) is 0. The summed E-state index contributed by atoms with van der Waals surface area (Å²) in [6.07, 6.45) is 7.21. The Labute approximate surface area is 130 Å². The summed E-state index contributed by atoms with van der Waals surface area (Å²) in [6.45, 7) is 8.30. The van der Waals surface area contributed by atoms with Gasteiger partial charge in [0.1, 0.15) is 0 Å². The van der Waals surface area contributed by atoms with Crippen molar-refractivity contribution in [1.82, 2.24) is 15.1 Å². The van der Waals surface area contributed by atoms with Crippen molar-refractivity contribution >= 4 is 5.91 Å². The van der Waals surface area contributed by atoms with E-state index in [0.717, 1.165) is 32.0 Å². The SMILES string of the molecule is CCCN(CC(=O)N(C)C1CCC(C)CC1)C1CCNC1. The van der Waals surface area contributed by atoms with Crippen LogP contribution in [-0.4, -0.2) is 61.0 Å². The Balaban J connectivity index is 1.85. The fourth-order valence-electron chi connectivity index (χ4n) is 3.75. The zero-order chi connectivity index (χ0) is 15.2. The van der Waals surface area contributed by atoms with Gasteiger partial charge in [-0.1, -0.05) is 13.8 Å². The van der Waals surface area contributed by atoms with Crippen LogP contribution in [0.5, 0.6) is 0 Å². The van der Waals surface area contributed by atoms with Crippen molar-refractivity contribution in [3.05, 3.63) is 0 Å². The number of amides is 1. The van der Waals surface area contributed by atoms with Crippen LogP contribution in [0.1, 0.15) is 52.4 Å². The van der Waals surface area contributed by atoms with Gasteiger partial charge in [-0.2, -0.15) is 0 Å². The molecule has 0 aromatic heterocycles. The van der Waals surface area contributed by atoms with E-state index in [1.54, 1.807) is 0 Å². The highest BCUT2D eigenvalue weighted by molar-refractivity contribution is 5.78. The lowest BCUT2D eigenvalue weighted by Crippen LogP contribution is -2.48. The molecule has 1 aliphatic heterocycles. The molecule has 2 fully saturated rings. The molecule has 21 heavy (non-hydrogen) atoms. The number of nitrogens with one attached hydrogen (secondary N) is 1. The molecule has 1 heterocycles. The number of hydrogen-bond acceptors (Lipinski definition) is 3. The maximum Gasteiger partial charge on any atom is 0.236 e. The van der Waals surface area contributed by atoms with E-state index in [1.807, 2.05) is 11.9 Å². The van der Waals surface area contributed by atoms with Crippen LogP contribution in [0.4, 0.5) is 0 Å². The first-order valence-corrected chi connectivity index (χ1v) is 8.82. The molecule has 122 valence electrons. The molecule has 1 atom stereocenters. The van der Waals surface area contributed by atoms with E-state index in [9.17, 15) is 4.79 Å². The van der Waals surface area contributed by atoms with Gasteiger partial charge in [0.05, 0.1) is 6.54 Å². The van der Waals surface area contributed by atoms with Crippen molar-refractivity contribution in [1.29, 1.82) is 0 Å². The topological polar surface area (TPSA) is 35.6 Å². The molecule has 1 saturated carbocycles. The Bertz CT molecular complexity index is 320. The fourth-order valence-corrected chi connectivity index (χ4v) is 3.75. The summed E-state index contributed by atoms with van der Waals surface area (Å²) >= 11 is 0. The van der Waals surface area contributed by atoms with Gasteiger partial charge in [0.15, 0.2) is 0 Å². The second-order valence-electron chi connectivity index (χ2n) is 7.04. The molecule has 4 heteroatoms. The molecule has 1 saturated heterocycles. The zero-order valence-electron chi connectivity index (χ0n) is 14.1. The molecule has 4 nitrogen and oxygen atoms in total. The first kappa shape index (κ1) is 16.8. The molecular formula is C17H33N3O. The molecule has 2 aliphatic rings. The van der Waals surface area contributed by atoms with Crippen molar-refractivity contribution < 1.29 is 4.79 Å². The van der Waals surface area contributed by atoms with Crippen molar-refractivity contribution in [2.45, 2.75) is 64.5 Å². The minimum atomic E-state index is 0.315. The summed E-state index contributed by atoms with van der Waals surface area (Å²) in [7, 11) is 2.01. The van der Waals surface area contributed by atoms with E-state index in [-0.39, 0.29) is 0 Å². The van der Waals surface area contributed by atoms with Gasteiger partial charge in [0.2, 0.25) is 5.91 Å². The third-order valence-electron chi connectivity index (χ3n) is 5.33. The Morgan fingerprint density at radius 2 is 1.86 bits per heavy atom. The van der Waals surface area contributed by atoms with Gasteiger partial charge in [0, 0.05) is 25.7 Å². The average Bonchev–Trinajstić information content (AvgIpc) is 3.01. The highest BCUT2D eigenvalue weighted by Gasteiger charge is 2.28. The summed E-state index contributed by atoms with van der Waals surface area (Å²) in [6, 6.07) is 1.02. The summed E-state index contributed by atoms with van der Waals surface area (Å²) < 4.78 is 0. The van der Waals surface area contributed by atoms with Gasteiger partial charge >= 0.3 is 0 Å². The Hall–Kier alpha value is -0.610. The van der Waals surface area contributed by atoms with E-state index in [1.165, 1.54) is 32.1 Å². The van der Waals surface area contributed by atoms with Crippen LogP contribution in [0.15, 0.2) is 0 Å². The van der Waals surface area contributed by atoms with Crippen LogP contribution < -0.4 is 5.32 Å². The van der Waals surface area contributed by atoms with Crippen molar-refractivity contribution in [3.63, 3.8) is 0 Å². The maximum absolute atomic E-state index is 12.6. The average molecular weight is 295 g/mol. The number of hydrogen-bond donors (Lipinski definition) is 1. The second kappa shape index (κ2) is 8.14. The van der Waals surface area contributed by atoms with Crippen molar-refractivity contribution in [3.8, 4) is 0 Å². The van der Waals surface area contributed by atoms with E-state index < -0.39 is 0 Å². The molecular weight excluding hydrogens is 262 g/mol. The molecule has 1 N–H and O–H groups in total. The highest BCUT2D eigenvalue weighted by atomic mass is 16.2. The van der Waals surface area contributed by atoms with E-state index in [4.69, 9.17) is 0 Å². The Morgan fingerprint density at radius 3 is 2.43 bits per heavy atom. The number of rotatable bonds is 6. The van der Waals surface area contributed by atoms with Crippen LogP contribution in [0.25, 0.3) is 0 Å². The predicted octanol–water partition coefficient (Wildman–Crippen LogP) is 2.10. The lowest BCUT2D eigenvalue weighted by molar-refractivity contribution is -0.134. The van der Waals surface area contributed by atoms with Crippen LogP contribution in [0.3, 0.4) is 0 Å².